The fourth-order valence-electron chi connectivity index (χ4n) is 3.17. The topological polar surface area (TPSA) is 39.1 Å². The molecule has 1 aromatic rings. The summed E-state index contributed by atoms with van der Waals surface area (Å²) in [7, 11) is 2.11. The van der Waals surface area contributed by atoms with Crippen LogP contribution in [0.4, 0.5) is 5.69 Å². The van der Waals surface area contributed by atoms with E-state index in [1.165, 1.54) is 5.56 Å². The molecule has 0 aromatic heterocycles. The zero-order chi connectivity index (χ0) is 12.0. The van der Waals surface area contributed by atoms with Crippen molar-refractivity contribution in [2.75, 3.05) is 25.0 Å². The van der Waals surface area contributed by atoms with Crippen molar-refractivity contribution in [3.05, 3.63) is 27.7 Å². The van der Waals surface area contributed by atoms with Gasteiger partial charge in [-0.1, -0.05) is 15.9 Å². The number of halogens is 1. The van der Waals surface area contributed by atoms with Crippen LogP contribution < -0.4 is 10.2 Å². The third-order valence-electron chi connectivity index (χ3n) is 3.92. The van der Waals surface area contributed by atoms with Gasteiger partial charge in [-0.15, -0.1) is 0 Å². The van der Waals surface area contributed by atoms with Gasteiger partial charge in [-0.05, 0) is 30.7 Å². The van der Waals surface area contributed by atoms with Gasteiger partial charge in [0.1, 0.15) is 6.07 Å². The predicted molar refractivity (Wildman–Crippen MR) is 71.3 cm³/mol. The Hall–Kier alpha value is -1.05. The Morgan fingerprint density at radius 2 is 2.35 bits per heavy atom. The minimum absolute atomic E-state index is 0.522. The molecule has 3 nitrogen and oxygen atoms in total. The quantitative estimate of drug-likeness (QED) is 0.797. The number of fused-ring (bicyclic) bond motifs is 3. The van der Waals surface area contributed by atoms with Gasteiger partial charge in [0.25, 0.3) is 0 Å². The fraction of sp³-hybridized carbons (Fsp3) is 0.462. The summed E-state index contributed by atoms with van der Waals surface area (Å²) in [6, 6.07) is 6.95. The molecule has 88 valence electrons. The number of anilines is 1. The average molecular weight is 292 g/mol. The first kappa shape index (κ1) is 11.1. The highest BCUT2D eigenvalue weighted by atomic mass is 79.9. The van der Waals surface area contributed by atoms with Gasteiger partial charge in [-0.2, -0.15) is 5.26 Å². The molecule has 1 saturated heterocycles. The van der Waals surface area contributed by atoms with E-state index in [2.05, 4.69) is 45.3 Å². The smallest absolute Gasteiger partial charge is 0.101 e. The van der Waals surface area contributed by atoms with Crippen molar-refractivity contribution in [3.8, 4) is 6.07 Å². The van der Waals surface area contributed by atoms with Gasteiger partial charge in [0.2, 0.25) is 0 Å². The van der Waals surface area contributed by atoms with Crippen LogP contribution in [0.1, 0.15) is 23.5 Å². The Morgan fingerprint density at radius 1 is 1.53 bits per heavy atom. The molecule has 17 heavy (non-hydrogen) atoms. The van der Waals surface area contributed by atoms with Crippen LogP contribution in [0.15, 0.2) is 16.6 Å². The van der Waals surface area contributed by atoms with Crippen LogP contribution in [0.3, 0.4) is 0 Å². The number of hydrogen-bond donors (Lipinski definition) is 1. The summed E-state index contributed by atoms with van der Waals surface area (Å²) in [5, 5.41) is 12.7. The van der Waals surface area contributed by atoms with Crippen LogP contribution in [0.25, 0.3) is 0 Å². The van der Waals surface area contributed by atoms with E-state index < -0.39 is 0 Å². The Bertz CT molecular complexity index is 506. The number of hydrogen-bond acceptors (Lipinski definition) is 3. The minimum Gasteiger partial charge on any atom is -0.370 e. The van der Waals surface area contributed by atoms with Gasteiger partial charge < -0.3 is 10.2 Å². The first-order chi connectivity index (χ1) is 8.22. The van der Waals surface area contributed by atoms with Crippen LogP contribution in [-0.4, -0.2) is 26.2 Å². The van der Waals surface area contributed by atoms with Gasteiger partial charge in [-0.25, -0.2) is 0 Å². The maximum atomic E-state index is 9.26. The molecule has 2 aliphatic heterocycles. The second-order valence-electron chi connectivity index (χ2n) is 4.78. The third kappa shape index (κ3) is 1.57. The number of rotatable bonds is 0. The lowest BCUT2D eigenvalue weighted by Gasteiger charge is -2.31. The number of piperidine rings is 1. The lowest BCUT2D eigenvalue weighted by atomic mass is 9.90. The van der Waals surface area contributed by atoms with E-state index in [0.717, 1.165) is 35.2 Å². The van der Waals surface area contributed by atoms with E-state index in [1.54, 1.807) is 0 Å². The van der Waals surface area contributed by atoms with Crippen molar-refractivity contribution in [1.29, 1.82) is 5.26 Å². The molecule has 2 heterocycles. The van der Waals surface area contributed by atoms with E-state index in [1.807, 2.05) is 6.07 Å². The standard InChI is InChI=1S/C13H14BrN3/c1-17-12-2-3-16-7-11(12)10-5-9(14)4-8(6-15)13(10)17/h4-5,11-12,16H,2-3,7H2,1H3/t11-,12-/m0/s1. The lowest BCUT2D eigenvalue weighted by Crippen LogP contribution is -2.42. The van der Waals surface area contributed by atoms with Gasteiger partial charge in [0.15, 0.2) is 0 Å². The molecule has 0 aliphatic carbocycles. The maximum absolute atomic E-state index is 9.26. The van der Waals surface area contributed by atoms with E-state index >= 15 is 0 Å². The molecule has 0 spiro atoms. The number of nitrogens with zero attached hydrogens (tertiary/aromatic N) is 2. The molecule has 0 unspecified atom stereocenters. The van der Waals surface area contributed by atoms with Gasteiger partial charge >= 0.3 is 0 Å². The van der Waals surface area contributed by atoms with Crippen LogP contribution in [0.2, 0.25) is 0 Å². The Balaban J connectivity index is 2.17. The first-order valence-electron chi connectivity index (χ1n) is 5.89. The summed E-state index contributed by atoms with van der Waals surface area (Å²) in [5.74, 6) is 0.522. The van der Waals surface area contributed by atoms with Crippen LogP contribution in [0, 0.1) is 11.3 Å². The van der Waals surface area contributed by atoms with Gasteiger partial charge in [0.05, 0.1) is 11.3 Å². The highest BCUT2D eigenvalue weighted by Gasteiger charge is 2.39. The summed E-state index contributed by atoms with van der Waals surface area (Å²) in [5.41, 5.74) is 3.23. The second kappa shape index (κ2) is 4.01. The molecule has 1 aromatic carbocycles. The van der Waals surface area contributed by atoms with Crippen LogP contribution in [-0.2, 0) is 0 Å². The molecule has 2 atom stereocenters. The molecular weight excluding hydrogens is 278 g/mol. The van der Waals surface area contributed by atoms with Crippen molar-refractivity contribution >= 4 is 21.6 Å². The Kier molecular flexibility index (Phi) is 2.61. The number of nitriles is 1. The molecule has 0 bridgehead atoms. The minimum atomic E-state index is 0.522. The Labute approximate surface area is 110 Å². The van der Waals surface area contributed by atoms with Crippen molar-refractivity contribution in [3.63, 3.8) is 0 Å². The molecule has 0 saturated carbocycles. The van der Waals surface area contributed by atoms with E-state index in [0.29, 0.717) is 12.0 Å². The average Bonchev–Trinajstić information content (AvgIpc) is 2.63. The molecule has 3 rings (SSSR count). The molecule has 1 fully saturated rings. The van der Waals surface area contributed by atoms with Gasteiger partial charge in [-0.3, -0.25) is 0 Å². The highest BCUT2D eigenvalue weighted by Crippen LogP contribution is 2.45. The number of benzene rings is 1. The zero-order valence-corrected chi connectivity index (χ0v) is 11.3. The summed E-state index contributed by atoms with van der Waals surface area (Å²) in [6.07, 6.45) is 1.15. The lowest BCUT2D eigenvalue weighted by molar-refractivity contribution is 0.413. The van der Waals surface area contributed by atoms with Crippen molar-refractivity contribution in [2.24, 2.45) is 0 Å². The zero-order valence-electron chi connectivity index (χ0n) is 9.70. The SMILES string of the molecule is CN1c2c(C#N)cc(Br)cc2[C@@H]2CNCC[C@@H]21. The van der Waals surface area contributed by atoms with E-state index in [4.69, 9.17) is 0 Å². The highest BCUT2D eigenvalue weighted by molar-refractivity contribution is 9.10. The van der Waals surface area contributed by atoms with Crippen LogP contribution in [0.5, 0.6) is 0 Å². The molecular formula is C13H14BrN3. The normalized spacial score (nSPS) is 26.3. The summed E-state index contributed by atoms with van der Waals surface area (Å²) < 4.78 is 1.01. The summed E-state index contributed by atoms with van der Waals surface area (Å²) in [6.45, 7) is 2.09. The maximum Gasteiger partial charge on any atom is 0.101 e. The second-order valence-corrected chi connectivity index (χ2v) is 5.70. The number of nitrogens with one attached hydrogen (secondary N) is 1. The van der Waals surface area contributed by atoms with Gasteiger partial charge in [0, 0.05) is 30.0 Å². The molecule has 0 amide bonds. The van der Waals surface area contributed by atoms with Crippen molar-refractivity contribution < 1.29 is 0 Å². The summed E-state index contributed by atoms with van der Waals surface area (Å²) >= 11 is 3.50. The van der Waals surface area contributed by atoms with E-state index in [-0.39, 0.29) is 0 Å². The monoisotopic (exact) mass is 291 g/mol. The first-order valence-corrected chi connectivity index (χ1v) is 6.68. The van der Waals surface area contributed by atoms with E-state index in [9.17, 15) is 5.26 Å². The summed E-state index contributed by atoms with van der Waals surface area (Å²) in [4.78, 5) is 2.30. The molecule has 1 N–H and O–H groups in total. The van der Waals surface area contributed by atoms with Crippen LogP contribution >= 0.6 is 15.9 Å². The van der Waals surface area contributed by atoms with Crippen molar-refractivity contribution in [1.82, 2.24) is 5.32 Å². The molecule has 4 heteroatoms. The third-order valence-corrected chi connectivity index (χ3v) is 4.38. The van der Waals surface area contributed by atoms with Crippen molar-refractivity contribution in [2.45, 2.75) is 18.4 Å². The molecule has 0 radical (unpaired) electrons. The predicted octanol–water partition coefficient (Wildman–Crippen LogP) is 2.22. The largest absolute Gasteiger partial charge is 0.370 e. The molecule has 2 aliphatic rings. The number of likely N-dealkylation sites (N-methyl/N-ethyl adjacent to an activating group) is 1. The Morgan fingerprint density at radius 3 is 3.12 bits per heavy atom. The fourth-order valence-corrected chi connectivity index (χ4v) is 3.65.